The first-order valence-corrected chi connectivity index (χ1v) is 6.04. The molecule has 1 aromatic heterocycles. The monoisotopic (exact) mass is 248 g/mol. The first-order chi connectivity index (χ1) is 8.15. The fourth-order valence-corrected chi connectivity index (χ4v) is 2.05. The van der Waals surface area contributed by atoms with Crippen LogP contribution in [-0.4, -0.2) is 20.5 Å². The maximum atomic E-state index is 9.84. The Labute approximate surface area is 105 Å². The second-order valence-electron chi connectivity index (χ2n) is 4.67. The minimum absolute atomic E-state index is 0.434. The molecule has 0 spiro atoms. The summed E-state index contributed by atoms with van der Waals surface area (Å²) in [6.45, 7) is 0. The van der Waals surface area contributed by atoms with Gasteiger partial charge in [-0.25, -0.2) is 4.68 Å². The average Bonchev–Trinajstić information content (AvgIpc) is 2.87. The molecular weight excluding hydrogens is 236 g/mol. The zero-order valence-electron chi connectivity index (χ0n) is 9.31. The zero-order valence-corrected chi connectivity index (χ0v) is 10.1. The van der Waals surface area contributed by atoms with Crippen LogP contribution < -0.4 is 0 Å². The predicted octanol–water partition coefficient (Wildman–Crippen LogP) is 2.59. The van der Waals surface area contributed by atoms with Gasteiger partial charge in [-0.2, -0.15) is 5.10 Å². The van der Waals surface area contributed by atoms with Gasteiger partial charge < -0.3 is 5.11 Å². The maximum Gasteiger partial charge on any atom is 0.0790 e. The Balaban J connectivity index is 1.80. The second kappa shape index (κ2) is 3.86. The second-order valence-corrected chi connectivity index (χ2v) is 5.11. The summed E-state index contributed by atoms with van der Waals surface area (Å²) in [5.74, 6) is 0. The van der Waals surface area contributed by atoms with Crippen molar-refractivity contribution >= 4 is 11.6 Å². The van der Waals surface area contributed by atoms with Crippen LogP contribution in [0.4, 0.5) is 0 Å². The van der Waals surface area contributed by atoms with Gasteiger partial charge in [-0.05, 0) is 30.5 Å². The third kappa shape index (κ3) is 2.35. The molecule has 1 fully saturated rings. The number of aromatic nitrogens is 2. The Morgan fingerprint density at radius 2 is 2.00 bits per heavy atom. The Hall–Kier alpha value is -1.32. The molecule has 1 saturated carbocycles. The summed E-state index contributed by atoms with van der Waals surface area (Å²) in [6, 6.07) is 8.04. The number of halogens is 1. The van der Waals surface area contributed by atoms with Crippen LogP contribution in [0.2, 0.25) is 5.02 Å². The van der Waals surface area contributed by atoms with Crippen LogP contribution in [0.25, 0.3) is 5.69 Å². The summed E-state index contributed by atoms with van der Waals surface area (Å²) in [6.07, 6.45) is 5.97. The predicted molar refractivity (Wildman–Crippen MR) is 66.5 cm³/mol. The Morgan fingerprint density at radius 1 is 1.29 bits per heavy atom. The average molecular weight is 249 g/mol. The summed E-state index contributed by atoms with van der Waals surface area (Å²) in [4.78, 5) is 0. The minimum atomic E-state index is -0.434. The molecule has 0 radical (unpaired) electrons. The molecule has 2 aromatic rings. The van der Waals surface area contributed by atoms with Crippen molar-refractivity contribution in [1.82, 2.24) is 9.78 Å². The van der Waals surface area contributed by atoms with Gasteiger partial charge in [0.15, 0.2) is 0 Å². The molecule has 17 heavy (non-hydrogen) atoms. The first kappa shape index (κ1) is 10.8. The quantitative estimate of drug-likeness (QED) is 0.907. The molecule has 3 rings (SSSR count). The van der Waals surface area contributed by atoms with Crippen molar-refractivity contribution in [3.05, 3.63) is 47.2 Å². The van der Waals surface area contributed by atoms with Crippen molar-refractivity contribution in [2.24, 2.45) is 0 Å². The normalized spacial score (nSPS) is 17.1. The number of nitrogens with zero attached hydrogens (tertiary/aromatic N) is 2. The van der Waals surface area contributed by atoms with E-state index in [4.69, 9.17) is 11.6 Å². The first-order valence-electron chi connectivity index (χ1n) is 5.67. The summed E-state index contributed by atoms with van der Waals surface area (Å²) in [7, 11) is 0. The van der Waals surface area contributed by atoms with Gasteiger partial charge in [0.2, 0.25) is 0 Å². The Kier molecular flexibility index (Phi) is 2.45. The SMILES string of the molecule is OC1(Cc2ccc(-n3cc(Cl)cn3)cc2)CC1. The van der Waals surface area contributed by atoms with E-state index in [1.54, 1.807) is 17.1 Å². The number of benzene rings is 1. The molecular formula is C13H13ClN2O. The number of rotatable bonds is 3. The lowest BCUT2D eigenvalue weighted by Crippen LogP contribution is -2.10. The highest BCUT2D eigenvalue weighted by Crippen LogP contribution is 2.38. The van der Waals surface area contributed by atoms with E-state index in [-0.39, 0.29) is 0 Å². The number of hydrogen-bond acceptors (Lipinski definition) is 2. The summed E-state index contributed by atoms with van der Waals surface area (Å²) >= 11 is 5.82. The molecule has 3 nitrogen and oxygen atoms in total. The van der Waals surface area contributed by atoms with Crippen molar-refractivity contribution in [2.45, 2.75) is 24.9 Å². The van der Waals surface area contributed by atoms with Gasteiger partial charge in [0.25, 0.3) is 0 Å². The lowest BCUT2D eigenvalue weighted by molar-refractivity contribution is 0.151. The molecule has 0 bridgehead atoms. The summed E-state index contributed by atoms with van der Waals surface area (Å²) in [5, 5.41) is 14.6. The van der Waals surface area contributed by atoms with Gasteiger partial charge in [0, 0.05) is 12.6 Å². The highest BCUT2D eigenvalue weighted by molar-refractivity contribution is 6.30. The van der Waals surface area contributed by atoms with Crippen LogP contribution in [-0.2, 0) is 6.42 Å². The van der Waals surface area contributed by atoms with Crippen LogP contribution >= 0.6 is 11.6 Å². The summed E-state index contributed by atoms with van der Waals surface area (Å²) < 4.78 is 1.73. The topological polar surface area (TPSA) is 38.0 Å². The fraction of sp³-hybridized carbons (Fsp3) is 0.308. The van der Waals surface area contributed by atoms with Crippen molar-refractivity contribution in [2.75, 3.05) is 0 Å². The molecule has 0 amide bonds. The van der Waals surface area contributed by atoms with Crippen LogP contribution in [0.5, 0.6) is 0 Å². The highest BCUT2D eigenvalue weighted by Gasteiger charge is 2.39. The van der Waals surface area contributed by atoms with E-state index in [2.05, 4.69) is 5.10 Å². The molecule has 1 aliphatic carbocycles. The van der Waals surface area contributed by atoms with Crippen LogP contribution in [0.15, 0.2) is 36.7 Å². The third-order valence-electron chi connectivity index (χ3n) is 3.11. The molecule has 1 aromatic carbocycles. The summed E-state index contributed by atoms with van der Waals surface area (Å²) in [5.41, 5.74) is 1.70. The van der Waals surface area contributed by atoms with Crippen molar-refractivity contribution in [3.63, 3.8) is 0 Å². The van der Waals surface area contributed by atoms with Gasteiger partial charge in [-0.1, -0.05) is 23.7 Å². The van der Waals surface area contributed by atoms with Crippen LogP contribution in [0, 0.1) is 0 Å². The smallest absolute Gasteiger partial charge is 0.0790 e. The van der Waals surface area contributed by atoms with E-state index in [0.29, 0.717) is 5.02 Å². The van der Waals surface area contributed by atoms with E-state index in [1.807, 2.05) is 24.3 Å². The lowest BCUT2D eigenvalue weighted by atomic mass is 10.1. The van der Waals surface area contributed by atoms with Crippen molar-refractivity contribution in [3.8, 4) is 5.69 Å². The van der Waals surface area contributed by atoms with Gasteiger partial charge in [-0.3, -0.25) is 0 Å². The third-order valence-corrected chi connectivity index (χ3v) is 3.31. The van der Waals surface area contributed by atoms with E-state index in [9.17, 15) is 5.11 Å². The standard InChI is InChI=1S/C13H13ClN2O/c14-11-8-15-16(9-11)12-3-1-10(2-4-12)7-13(17)5-6-13/h1-4,8-9,17H,5-7H2. The highest BCUT2D eigenvalue weighted by atomic mass is 35.5. The van der Waals surface area contributed by atoms with E-state index < -0.39 is 5.60 Å². The molecule has 1 N–H and O–H groups in total. The van der Waals surface area contributed by atoms with Crippen LogP contribution in [0.1, 0.15) is 18.4 Å². The van der Waals surface area contributed by atoms with Gasteiger partial charge in [-0.15, -0.1) is 0 Å². The molecule has 1 aliphatic rings. The zero-order chi connectivity index (χ0) is 11.9. The van der Waals surface area contributed by atoms with Gasteiger partial charge in [0.05, 0.1) is 22.5 Å². The Morgan fingerprint density at radius 3 is 2.53 bits per heavy atom. The van der Waals surface area contributed by atoms with E-state index in [1.165, 1.54) is 0 Å². The van der Waals surface area contributed by atoms with E-state index in [0.717, 1.165) is 30.5 Å². The van der Waals surface area contributed by atoms with E-state index >= 15 is 0 Å². The molecule has 88 valence electrons. The lowest BCUT2D eigenvalue weighted by Gasteiger charge is -2.08. The maximum absolute atomic E-state index is 9.84. The number of aliphatic hydroxyl groups is 1. The Bertz CT molecular complexity index is 529. The molecule has 0 atom stereocenters. The number of hydrogen-bond donors (Lipinski definition) is 1. The molecule has 4 heteroatoms. The molecule has 0 unspecified atom stereocenters. The minimum Gasteiger partial charge on any atom is -0.390 e. The molecule has 1 heterocycles. The van der Waals surface area contributed by atoms with Crippen LogP contribution in [0.3, 0.4) is 0 Å². The van der Waals surface area contributed by atoms with Gasteiger partial charge in [0.1, 0.15) is 0 Å². The molecule has 0 aliphatic heterocycles. The van der Waals surface area contributed by atoms with Crippen molar-refractivity contribution < 1.29 is 5.11 Å². The molecule has 0 saturated heterocycles. The fourth-order valence-electron chi connectivity index (χ4n) is 1.91. The largest absolute Gasteiger partial charge is 0.390 e. The van der Waals surface area contributed by atoms with Crippen molar-refractivity contribution in [1.29, 1.82) is 0 Å². The van der Waals surface area contributed by atoms with Gasteiger partial charge >= 0.3 is 0 Å².